The van der Waals surface area contributed by atoms with E-state index in [1.54, 1.807) is 26.2 Å². The molecule has 3 heterocycles. The summed E-state index contributed by atoms with van der Waals surface area (Å²) >= 11 is 1.28. The summed E-state index contributed by atoms with van der Waals surface area (Å²) in [6, 6.07) is -2.79. The molecule has 1 unspecified atom stereocenters. The van der Waals surface area contributed by atoms with E-state index in [0.29, 0.717) is 27.9 Å². The van der Waals surface area contributed by atoms with E-state index in [-0.39, 0.29) is 31.6 Å². The van der Waals surface area contributed by atoms with Gasteiger partial charge in [0.05, 0.1) is 49.3 Å². The first kappa shape index (κ1) is 48.7. The molecule has 0 bridgehead atoms. The van der Waals surface area contributed by atoms with Gasteiger partial charge in [-0.05, 0) is 42.7 Å². The van der Waals surface area contributed by atoms with Crippen LogP contribution >= 0.6 is 11.8 Å². The smallest absolute Gasteiger partial charge is 0.305 e. The van der Waals surface area contributed by atoms with Crippen LogP contribution in [0.25, 0.3) is 10.9 Å². The van der Waals surface area contributed by atoms with Gasteiger partial charge in [0.25, 0.3) is 0 Å². The average Bonchev–Trinajstić information content (AvgIpc) is 3.87. The van der Waals surface area contributed by atoms with E-state index < -0.39 is 134 Å². The van der Waals surface area contributed by atoms with Crippen LogP contribution in [-0.2, 0) is 49.6 Å². The summed E-state index contributed by atoms with van der Waals surface area (Å²) in [5.74, 6) is -10.2. The van der Waals surface area contributed by atoms with Crippen LogP contribution in [0.5, 0.6) is 5.75 Å². The van der Waals surface area contributed by atoms with Crippen molar-refractivity contribution in [3.63, 3.8) is 0 Å². The van der Waals surface area contributed by atoms with Crippen LogP contribution in [0.4, 0.5) is 0 Å². The molecule has 4 rings (SSSR count). The summed E-state index contributed by atoms with van der Waals surface area (Å²) in [7, 11) is 0. The highest BCUT2D eigenvalue weighted by atomic mass is 32.2. The van der Waals surface area contributed by atoms with Crippen molar-refractivity contribution in [3.05, 3.63) is 23.8 Å². The highest BCUT2D eigenvalue weighted by molar-refractivity contribution is 7.98. The Morgan fingerprint density at radius 1 is 0.839 bits per heavy atom. The Morgan fingerprint density at radius 3 is 2.16 bits per heavy atom. The lowest BCUT2D eigenvalue weighted by molar-refractivity contribution is -0.146. The topological polar surface area (TPSA) is 338 Å². The van der Waals surface area contributed by atoms with Crippen molar-refractivity contribution < 1.29 is 63.6 Å². The molecule has 2 saturated heterocycles. The van der Waals surface area contributed by atoms with Gasteiger partial charge < -0.3 is 67.5 Å². The van der Waals surface area contributed by atoms with Crippen LogP contribution < -0.4 is 37.2 Å². The van der Waals surface area contributed by atoms with Gasteiger partial charge in [-0.2, -0.15) is 0 Å². The fourth-order valence-corrected chi connectivity index (χ4v) is 7.86. The van der Waals surface area contributed by atoms with Crippen LogP contribution in [-0.4, -0.2) is 159 Å². The van der Waals surface area contributed by atoms with Gasteiger partial charge in [0.1, 0.15) is 36.0 Å². The predicted molar refractivity (Wildman–Crippen MR) is 221 cm³/mol. The number of carboxylic acids is 1. The molecule has 12 N–H and O–H groups in total. The van der Waals surface area contributed by atoms with Gasteiger partial charge in [0.15, 0.2) is 0 Å². The number of carbonyl (C=O) groups is 9. The highest BCUT2D eigenvalue weighted by Crippen LogP contribution is 2.32. The molecule has 2 aliphatic heterocycles. The molecule has 0 aliphatic carbocycles. The number of aliphatic hydroxyl groups is 2. The number of thioether (sulfide) groups is 1. The van der Waals surface area contributed by atoms with E-state index in [4.69, 9.17) is 0 Å². The zero-order valence-electron chi connectivity index (χ0n) is 34.7. The lowest BCUT2D eigenvalue weighted by Gasteiger charge is -2.32. The zero-order chi connectivity index (χ0) is 45.8. The number of aromatic nitrogens is 1. The molecule has 0 radical (unpaired) electrons. The van der Waals surface area contributed by atoms with E-state index in [2.05, 4.69) is 42.2 Å². The van der Waals surface area contributed by atoms with Gasteiger partial charge in [0.2, 0.25) is 47.3 Å². The number of nitrogens with one attached hydrogen (secondary N) is 8. The SMILES string of the molecule is CC[C@H](C)[C@@H]1NC(=O)CNC(=O)C(Cc2c(SC)[nH]c3cc(O)ccc23)NC(=O)[C@H]([C@@H](C)[C@@H](O)CO)NC(=O)[C@@H]2CCCN2C(=O)[C@H](CC(=O)O)NC(=O)CNC(=O)CNC1=O. The van der Waals surface area contributed by atoms with Crippen molar-refractivity contribution in [2.75, 3.05) is 39.0 Å². The van der Waals surface area contributed by atoms with E-state index in [1.807, 2.05) is 0 Å². The van der Waals surface area contributed by atoms with E-state index >= 15 is 0 Å². The summed E-state index contributed by atoms with van der Waals surface area (Å²) in [6.07, 6.45) is -0.208. The van der Waals surface area contributed by atoms with Gasteiger partial charge in [-0.1, -0.05) is 27.2 Å². The van der Waals surface area contributed by atoms with Crippen molar-refractivity contribution in [1.82, 2.24) is 47.1 Å². The number of amides is 8. The third-order valence-electron chi connectivity index (χ3n) is 11.0. The Hall–Kier alpha value is -5.94. The van der Waals surface area contributed by atoms with Crippen LogP contribution in [0.15, 0.2) is 23.2 Å². The summed E-state index contributed by atoms with van der Waals surface area (Å²) in [5.41, 5.74) is 1.05. The Balaban J connectivity index is 1.76. The second-order valence-electron chi connectivity index (χ2n) is 15.3. The molecule has 23 heteroatoms. The van der Waals surface area contributed by atoms with Crippen molar-refractivity contribution >= 4 is 75.9 Å². The second kappa shape index (κ2) is 22.2. The summed E-state index contributed by atoms with van der Waals surface area (Å²) < 4.78 is 0. The number of aliphatic carboxylic acids is 1. The minimum atomic E-state index is -1.69. The Morgan fingerprint density at radius 2 is 1.50 bits per heavy atom. The quantitative estimate of drug-likeness (QED) is 0.106. The maximum atomic E-state index is 14.3. The third kappa shape index (κ3) is 12.6. The largest absolute Gasteiger partial charge is 0.508 e. The average molecular weight is 890 g/mol. The molecular formula is C39H55N9O13S. The number of carboxylic acid groups (broad SMARTS) is 1. The molecule has 2 aliphatic rings. The number of hydrogen-bond donors (Lipinski definition) is 12. The molecule has 8 amide bonds. The Bertz CT molecular complexity index is 2030. The first-order valence-electron chi connectivity index (χ1n) is 20.1. The molecule has 1 aromatic heterocycles. The first-order chi connectivity index (χ1) is 29.4. The third-order valence-corrected chi connectivity index (χ3v) is 11.7. The van der Waals surface area contributed by atoms with Gasteiger partial charge in [-0.15, -0.1) is 11.8 Å². The molecule has 0 saturated carbocycles. The molecule has 62 heavy (non-hydrogen) atoms. The van der Waals surface area contributed by atoms with Crippen LogP contribution in [0.1, 0.15) is 52.0 Å². The number of carbonyl (C=O) groups excluding carboxylic acids is 8. The lowest BCUT2D eigenvalue weighted by Crippen LogP contribution is -2.61. The van der Waals surface area contributed by atoms with Crippen molar-refractivity contribution in [2.45, 2.75) is 94.2 Å². The zero-order valence-corrected chi connectivity index (χ0v) is 35.6. The maximum Gasteiger partial charge on any atom is 0.305 e. The predicted octanol–water partition coefficient (Wildman–Crippen LogP) is -3.06. The van der Waals surface area contributed by atoms with E-state index in [1.165, 1.54) is 30.8 Å². The molecule has 340 valence electrons. The van der Waals surface area contributed by atoms with Crippen molar-refractivity contribution in [1.29, 1.82) is 0 Å². The number of phenols is 1. The summed E-state index contributed by atoms with van der Waals surface area (Å²) in [6.45, 7) is 1.88. The number of H-pyrrole nitrogens is 1. The lowest BCUT2D eigenvalue weighted by atomic mass is 9.94. The summed E-state index contributed by atoms with van der Waals surface area (Å²) in [4.78, 5) is 124. The number of hydrogen-bond acceptors (Lipinski definition) is 13. The number of fused-ring (bicyclic) bond motifs is 2. The number of aliphatic hydroxyl groups excluding tert-OH is 2. The maximum absolute atomic E-state index is 14.3. The molecule has 1 aromatic carbocycles. The van der Waals surface area contributed by atoms with Crippen LogP contribution in [0.2, 0.25) is 0 Å². The Kier molecular flexibility index (Phi) is 17.5. The minimum absolute atomic E-state index is 0.0397. The normalized spacial score (nSPS) is 24.5. The Labute approximate surface area is 360 Å². The van der Waals surface area contributed by atoms with Gasteiger partial charge >= 0.3 is 5.97 Å². The second-order valence-corrected chi connectivity index (χ2v) is 16.1. The molecule has 2 fully saturated rings. The highest BCUT2D eigenvalue weighted by Gasteiger charge is 2.42. The number of aromatic amines is 1. The fraction of sp³-hybridized carbons (Fsp3) is 0.564. The minimum Gasteiger partial charge on any atom is -0.508 e. The van der Waals surface area contributed by atoms with Gasteiger partial charge in [-0.25, -0.2) is 0 Å². The summed E-state index contributed by atoms with van der Waals surface area (Å²) in [5, 5.41) is 58.6. The molecule has 2 aromatic rings. The monoisotopic (exact) mass is 889 g/mol. The van der Waals surface area contributed by atoms with Crippen LogP contribution in [0, 0.1) is 11.8 Å². The number of nitrogens with zero attached hydrogens (tertiary/aromatic N) is 1. The molecule has 22 nitrogen and oxygen atoms in total. The van der Waals surface area contributed by atoms with Gasteiger partial charge in [-0.3, -0.25) is 43.2 Å². The molecular weight excluding hydrogens is 835 g/mol. The van der Waals surface area contributed by atoms with Crippen LogP contribution in [0.3, 0.4) is 0 Å². The fourth-order valence-electron chi connectivity index (χ4n) is 7.20. The standard InChI is InChI=1S/C39H55N9O13S/c1-5-18(2)32-36(59)42-14-28(52)40-15-29(53)43-25(13-31(55)56)39(61)48-10-6-7-26(48)35(58)47-33(19(3)27(51)17-49)37(60)44-24(34(57)41-16-30(54)46-32)12-22-21-9-8-20(50)11-23(21)45-38(22)62-4/h8-9,11,18-19,24-27,32-33,45,49-51H,5-7,10,12-17H2,1-4H3,(H,40,52)(H,41,57)(H,42,59)(H,43,53)(H,44,60)(H,46,54)(H,47,58)(H,55,56)/t18-,19-,24?,25-,26-,27-,32-,33-/m0/s1. The molecule has 0 spiro atoms. The van der Waals surface area contributed by atoms with Crippen molar-refractivity contribution in [3.8, 4) is 5.75 Å². The number of aromatic hydroxyl groups is 1. The molecule has 8 atom stereocenters. The van der Waals surface area contributed by atoms with E-state index in [0.717, 1.165) is 4.90 Å². The number of benzene rings is 1. The van der Waals surface area contributed by atoms with Crippen molar-refractivity contribution in [2.24, 2.45) is 11.8 Å². The number of phenolic OH excluding ortho intramolecular Hbond substituents is 1. The van der Waals surface area contributed by atoms with E-state index in [9.17, 15) is 63.6 Å². The van der Waals surface area contributed by atoms with Gasteiger partial charge in [0, 0.05) is 30.3 Å². The first-order valence-corrected chi connectivity index (χ1v) is 21.3. The number of rotatable bonds is 10.